The number of morpholine rings is 1. The second-order valence-corrected chi connectivity index (χ2v) is 4.82. The van der Waals surface area contributed by atoms with Crippen molar-refractivity contribution in [2.75, 3.05) is 13.1 Å². The zero-order valence-corrected chi connectivity index (χ0v) is 11.1. The summed E-state index contributed by atoms with van der Waals surface area (Å²) in [4.78, 5) is 18.2. The zero-order chi connectivity index (χ0) is 13.1. The fourth-order valence-corrected chi connectivity index (χ4v) is 2.22. The van der Waals surface area contributed by atoms with Crippen LogP contribution >= 0.6 is 0 Å². The summed E-state index contributed by atoms with van der Waals surface area (Å²) in [5.74, 6) is 0.922. The molecule has 2 unspecified atom stereocenters. The Kier molecular flexibility index (Phi) is 3.96. The summed E-state index contributed by atoms with van der Waals surface area (Å²) >= 11 is 0. The predicted molar refractivity (Wildman–Crippen MR) is 66.3 cm³/mol. The van der Waals surface area contributed by atoms with Gasteiger partial charge in [-0.15, -0.1) is 5.10 Å². The lowest BCUT2D eigenvalue weighted by Gasteiger charge is -2.34. The molecule has 1 saturated heterocycles. The lowest BCUT2D eigenvalue weighted by Crippen LogP contribution is -2.48. The van der Waals surface area contributed by atoms with Crippen LogP contribution in [0, 0.1) is 0 Å². The molecule has 100 valence electrons. The van der Waals surface area contributed by atoms with Gasteiger partial charge in [-0.2, -0.15) is 0 Å². The third-order valence-electron chi connectivity index (χ3n) is 2.92. The Morgan fingerprint density at radius 1 is 1.44 bits per heavy atom. The van der Waals surface area contributed by atoms with E-state index in [4.69, 9.17) is 4.74 Å². The first kappa shape index (κ1) is 13.0. The summed E-state index contributed by atoms with van der Waals surface area (Å²) in [6, 6.07) is 0. The largest absolute Gasteiger partial charge is 0.372 e. The van der Waals surface area contributed by atoms with Gasteiger partial charge in [0.1, 0.15) is 5.82 Å². The Morgan fingerprint density at radius 3 is 2.72 bits per heavy atom. The number of carbonyl (C=O) groups excluding carboxylic acids is 1. The molecular formula is C12H20N4O2. The van der Waals surface area contributed by atoms with Gasteiger partial charge in [0.05, 0.1) is 12.2 Å². The molecule has 18 heavy (non-hydrogen) atoms. The van der Waals surface area contributed by atoms with Crippen molar-refractivity contribution in [1.82, 2.24) is 20.1 Å². The summed E-state index contributed by atoms with van der Waals surface area (Å²) in [6.45, 7) is 7.20. The molecule has 0 radical (unpaired) electrons. The van der Waals surface area contributed by atoms with Crippen molar-refractivity contribution >= 4 is 5.91 Å². The van der Waals surface area contributed by atoms with Crippen molar-refractivity contribution in [1.29, 1.82) is 0 Å². The normalized spacial score (nSPS) is 24.3. The molecule has 1 aliphatic heterocycles. The molecule has 0 aromatic carbocycles. The van der Waals surface area contributed by atoms with E-state index in [0.717, 1.165) is 18.7 Å². The summed E-state index contributed by atoms with van der Waals surface area (Å²) in [7, 11) is 0. The standard InChI is InChI=1S/C12H20N4O2/c1-4-5-10-13-11(15-14-10)12(17)16-6-8(2)18-9(3)7-16/h8-9H,4-7H2,1-3H3,(H,13,14,15). The van der Waals surface area contributed by atoms with E-state index in [1.165, 1.54) is 0 Å². The zero-order valence-electron chi connectivity index (χ0n) is 11.1. The fraction of sp³-hybridized carbons (Fsp3) is 0.750. The minimum absolute atomic E-state index is 0.0618. The molecule has 0 aliphatic carbocycles. The number of aromatic amines is 1. The molecule has 1 aromatic rings. The molecule has 2 atom stereocenters. The second-order valence-electron chi connectivity index (χ2n) is 4.82. The first-order valence-electron chi connectivity index (χ1n) is 6.46. The Balaban J connectivity index is 2.05. The van der Waals surface area contributed by atoms with Crippen LogP contribution in [0.2, 0.25) is 0 Å². The van der Waals surface area contributed by atoms with Crippen molar-refractivity contribution in [3.8, 4) is 0 Å². The monoisotopic (exact) mass is 252 g/mol. The number of nitrogens with one attached hydrogen (secondary N) is 1. The summed E-state index contributed by atoms with van der Waals surface area (Å²) in [5, 5.41) is 6.80. The van der Waals surface area contributed by atoms with Gasteiger partial charge in [0.15, 0.2) is 0 Å². The van der Waals surface area contributed by atoms with Crippen LogP contribution < -0.4 is 0 Å². The summed E-state index contributed by atoms with van der Waals surface area (Å²) in [6.07, 6.45) is 1.92. The number of H-pyrrole nitrogens is 1. The van der Waals surface area contributed by atoms with Gasteiger partial charge in [-0.25, -0.2) is 4.98 Å². The quantitative estimate of drug-likeness (QED) is 0.871. The van der Waals surface area contributed by atoms with E-state index >= 15 is 0 Å². The van der Waals surface area contributed by atoms with E-state index < -0.39 is 0 Å². The first-order valence-corrected chi connectivity index (χ1v) is 6.46. The number of aryl methyl sites for hydroxylation is 1. The minimum Gasteiger partial charge on any atom is -0.372 e. The minimum atomic E-state index is -0.115. The van der Waals surface area contributed by atoms with Crippen molar-refractivity contribution in [2.24, 2.45) is 0 Å². The van der Waals surface area contributed by atoms with Gasteiger partial charge in [-0.1, -0.05) is 6.92 Å². The second kappa shape index (κ2) is 5.48. The van der Waals surface area contributed by atoms with Crippen LogP contribution in [0.25, 0.3) is 0 Å². The van der Waals surface area contributed by atoms with E-state index in [0.29, 0.717) is 13.1 Å². The highest BCUT2D eigenvalue weighted by Gasteiger charge is 2.28. The average molecular weight is 252 g/mol. The van der Waals surface area contributed by atoms with Gasteiger partial charge < -0.3 is 9.64 Å². The highest BCUT2D eigenvalue weighted by atomic mass is 16.5. The van der Waals surface area contributed by atoms with Gasteiger partial charge in [0.25, 0.3) is 5.91 Å². The van der Waals surface area contributed by atoms with E-state index in [2.05, 4.69) is 22.1 Å². The highest BCUT2D eigenvalue weighted by Crippen LogP contribution is 2.12. The maximum absolute atomic E-state index is 12.2. The Labute approximate surface area is 107 Å². The third-order valence-corrected chi connectivity index (χ3v) is 2.92. The van der Waals surface area contributed by atoms with E-state index in [1.54, 1.807) is 4.90 Å². The molecule has 1 aromatic heterocycles. The van der Waals surface area contributed by atoms with E-state index in [9.17, 15) is 4.79 Å². The maximum atomic E-state index is 12.2. The number of rotatable bonds is 3. The first-order chi connectivity index (χ1) is 8.60. The number of aromatic nitrogens is 3. The number of hydrogen-bond acceptors (Lipinski definition) is 4. The average Bonchev–Trinajstić information content (AvgIpc) is 2.76. The fourth-order valence-electron chi connectivity index (χ4n) is 2.22. The van der Waals surface area contributed by atoms with Gasteiger partial charge >= 0.3 is 0 Å². The van der Waals surface area contributed by atoms with Crippen molar-refractivity contribution in [3.63, 3.8) is 0 Å². The number of carbonyl (C=O) groups is 1. The topological polar surface area (TPSA) is 71.1 Å². The lowest BCUT2D eigenvalue weighted by atomic mass is 10.2. The van der Waals surface area contributed by atoms with Crippen LogP contribution in [0.1, 0.15) is 43.6 Å². The van der Waals surface area contributed by atoms with Gasteiger partial charge in [-0.3, -0.25) is 9.89 Å². The van der Waals surface area contributed by atoms with E-state index in [1.807, 2.05) is 13.8 Å². The van der Waals surface area contributed by atoms with Crippen LogP contribution in [0.5, 0.6) is 0 Å². The molecule has 0 bridgehead atoms. The van der Waals surface area contributed by atoms with E-state index in [-0.39, 0.29) is 23.9 Å². The van der Waals surface area contributed by atoms with Gasteiger partial charge in [-0.05, 0) is 20.3 Å². The van der Waals surface area contributed by atoms with Gasteiger partial charge in [0, 0.05) is 19.5 Å². The third kappa shape index (κ3) is 2.87. The van der Waals surface area contributed by atoms with Crippen LogP contribution in [0.4, 0.5) is 0 Å². The molecule has 1 aliphatic rings. The molecule has 2 heterocycles. The molecule has 2 rings (SSSR count). The molecule has 0 saturated carbocycles. The number of nitrogens with zero attached hydrogens (tertiary/aromatic N) is 3. The molecule has 6 nitrogen and oxygen atoms in total. The molecule has 1 N–H and O–H groups in total. The Hall–Kier alpha value is -1.43. The Morgan fingerprint density at radius 2 is 2.11 bits per heavy atom. The highest BCUT2D eigenvalue weighted by molar-refractivity contribution is 5.90. The molecule has 0 spiro atoms. The molecule has 1 amide bonds. The van der Waals surface area contributed by atoms with Crippen LogP contribution in [0.3, 0.4) is 0 Å². The van der Waals surface area contributed by atoms with Crippen LogP contribution in [-0.2, 0) is 11.2 Å². The summed E-state index contributed by atoms with van der Waals surface area (Å²) < 4.78 is 5.60. The number of amides is 1. The lowest BCUT2D eigenvalue weighted by molar-refractivity contribution is -0.0588. The Bertz CT molecular complexity index is 408. The molecule has 6 heteroatoms. The SMILES string of the molecule is CCCc1nc(C(=O)N2CC(C)OC(C)C2)n[nH]1. The maximum Gasteiger partial charge on any atom is 0.293 e. The van der Waals surface area contributed by atoms with Crippen molar-refractivity contribution < 1.29 is 9.53 Å². The predicted octanol–water partition coefficient (Wildman–Crippen LogP) is 1.01. The molecular weight excluding hydrogens is 232 g/mol. The van der Waals surface area contributed by atoms with Crippen molar-refractivity contribution in [3.05, 3.63) is 11.6 Å². The smallest absolute Gasteiger partial charge is 0.293 e. The molecule has 1 fully saturated rings. The van der Waals surface area contributed by atoms with Crippen molar-refractivity contribution in [2.45, 2.75) is 45.8 Å². The van der Waals surface area contributed by atoms with Crippen LogP contribution in [-0.4, -0.2) is 51.3 Å². The van der Waals surface area contributed by atoms with Gasteiger partial charge in [0.2, 0.25) is 5.82 Å². The number of ether oxygens (including phenoxy) is 1. The van der Waals surface area contributed by atoms with Crippen LogP contribution in [0.15, 0.2) is 0 Å². The number of hydrogen-bond donors (Lipinski definition) is 1. The summed E-state index contributed by atoms with van der Waals surface area (Å²) in [5.41, 5.74) is 0.